The SMILES string of the molecule is COC1CC(NS(=O)(=O)c2cc(Cl)cc(N)c2C)C1(C)C. The molecule has 5 nitrogen and oxygen atoms in total. The number of nitrogens with one attached hydrogen (secondary N) is 1. The number of benzene rings is 1. The first-order valence-electron chi connectivity index (χ1n) is 6.70. The van der Waals surface area contributed by atoms with Crippen LogP contribution in [0.4, 0.5) is 5.69 Å². The summed E-state index contributed by atoms with van der Waals surface area (Å²) in [6.07, 6.45) is 0.702. The summed E-state index contributed by atoms with van der Waals surface area (Å²) in [6, 6.07) is 2.80. The number of anilines is 1. The molecule has 118 valence electrons. The minimum Gasteiger partial charge on any atom is -0.398 e. The van der Waals surface area contributed by atoms with Crippen LogP contribution in [-0.2, 0) is 14.8 Å². The van der Waals surface area contributed by atoms with Crippen LogP contribution in [0.3, 0.4) is 0 Å². The Balaban J connectivity index is 2.29. The molecule has 0 aromatic heterocycles. The predicted octanol–water partition coefficient (Wildman–Crippen LogP) is 2.32. The van der Waals surface area contributed by atoms with E-state index < -0.39 is 10.0 Å². The van der Waals surface area contributed by atoms with E-state index in [0.29, 0.717) is 22.7 Å². The topological polar surface area (TPSA) is 81.4 Å². The van der Waals surface area contributed by atoms with Crippen molar-refractivity contribution in [3.8, 4) is 0 Å². The van der Waals surface area contributed by atoms with Crippen molar-refractivity contribution in [3.05, 3.63) is 22.7 Å². The van der Waals surface area contributed by atoms with Gasteiger partial charge in [-0.3, -0.25) is 0 Å². The molecule has 2 atom stereocenters. The first-order chi connectivity index (χ1) is 9.59. The fourth-order valence-corrected chi connectivity index (χ4v) is 4.69. The zero-order valence-electron chi connectivity index (χ0n) is 12.6. The van der Waals surface area contributed by atoms with E-state index in [1.165, 1.54) is 6.07 Å². The summed E-state index contributed by atoms with van der Waals surface area (Å²) >= 11 is 5.92. The summed E-state index contributed by atoms with van der Waals surface area (Å²) in [5.74, 6) is 0. The van der Waals surface area contributed by atoms with Crippen molar-refractivity contribution < 1.29 is 13.2 Å². The van der Waals surface area contributed by atoms with Crippen LogP contribution in [0.2, 0.25) is 5.02 Å². The van der Waals surface area contributed by atoms with E-state index in [0.717, 1.165) is 0 Å². The molecule has 21 heavy (non-hydrogen) atoms. The molecule has 1 fully saturated rings. The number of rotatable bonds is 4. The van der Waals surface area contributed by atoms with Crippen molar-refractivity contribution >= 4 is 27.3 Å². The maximum Gasteiger partial charge on any atom is 0.241 e. The molecule has 0 radical (unpaired) electrons. The first kappa shape index (κ1) is 16.5. The van der Waals surface area contributed by atoms with Crippen LogP contribution in [0.25, 0.3) is 0 Å². The van der Waals surface area contributed by atoms with E-state index in [-0.39, 0.29) is 22.5 Å². The van der Waals surface area contributed by atoms with Crippen molar-refractivity contribution in [2.24, 2.45) is 5.41 Å². The van der Waals surface area contributed by atoms with Crippen molar-refractivity contribution in [3.63, 3.8) is 0 Å². The van der Waals surface area contributed by atoms with Gasteiger partial charge in [0.1, 0.15) is 0 Å². The predicted molar refractivity (Wildman–Crippen MR) is 83.9 cm³/mol. The molecule has 0 aliphatic heterocycles. The summed E-state index contributed by atoms with van der Waals surface area (Å²) in [5.41, 5.74) is 6.42. The largest absolute Gasteiger partial charge is 0.398 e. The van der Waals surface area contributed by atoms with Gasteiger partial charge in [-0.05, 0) is 31.0 Å². The fraction of sp³-hybridized carbons (Fsp3) is 0.571. The molecule has 2 rings (SSSR count). The lowest BCUT2D eigenvalue weighted by atomic mass is 9.65. The Morgan fingerprint density at radius 1 is 1.43 bits per heavy atom. The van der Waals surface area contributed by atoms with E-state index in [1.807, 2.05) is 13.8 Å². The normalized spacial score (nSPS) is 24.6. The van der Waals surface area contributed by atoms with E-state index in [1.54, 1.807) is 20.1 Å². The summed E-state index contributed by atoms with van der Waals surface area (Å²) in [7, 11) is -2.03. The fourth-order valence-electron chi connectivity index (χ4n) is 2.69. The van der Waals surface area contributed by atoms with Gasteiger partial charge in [-0.2, -0.15) is 0 Å². The first-order valence-corrected chi connectivity index (χ1v) is 8.56. The van der Waals surface area contributed by atoms with Gasteiger partial charge < -0.3 is 10.5 Å². The second kappa shape index (κ2) is 5.43. The molecule has 1 aromatic rings. The second-order valence-electron chi connectivity index (χ2n) is 6.07. The summed E-state index contributed by atoms with van der Waals surface area (Å²) in [5, 5.41) is 0.307. The van der Waals surface area contributed by atoms with Gasteiger partial charge in [-0.25, -0.2) is 13.1 Å². The third-order valence-electron chi connectivity index (χ3n) is 4.41. The molecule has 1 aromatic carbocycles. The highest BCUT2D eigenvalue weighted by atomic mass is 35.5. The van der Waals surface area contributed by atoms with Gasteiger partial charge in [0, 0.05) is 29.3 Å². The standard InChI is InChI=1S/C14H21ClN2O3S/c1-8-10(16)5-9(15)6-11(8)21(18,19)17-12-7-13(20-4)14(12,2)3/h5-6,12-13,17H,7,16H2,1-4H3. The van der Waals surface area contributed by atoms with E-state index in [4.69, 9.17) is 22.1 Å². The Labute approximate surface area is 130 Å². The molecule has 1 aliphatic carbocycles. The maximum absolute atomic E-state index is 12.6. The molecule has 1 aliphatic rings. The lowest BCUT2D eigenvalue weighted by Crippen LogP contribution is -2.61. The Kier molecular flexibility index (Phi) is 4.28. The van der Waals surface area contributed by atoms with Crippen LogP contribution < -0.4 is 10.5 Å². The third kappa shape index (κ3) is 2.90. The Bertz CT molecular complexity index is 658. The lowest BCUT2D eigenvalue weighted by Gasteiger charge is -2.51. The molecule has 0 heterocycles. The number of nitrogens with two attached hydrogens (primary N) is 1. The van der Waals surface area contributed by atoms with Crippen molar-refractivity contribution in [2.45, 2.75) is 44.2 Å². The zero-order chi connectivity index (χ0) is 16.0. The number of methoxy groups -OCH3 is 1. The quantitative estimate of drug-likeness (QED) is 0.829. The Morgan fingerprint density at radius 3 is 2.57 bits per heavy atom. The molecule has 0 saturated heterocycles. The van der Waals surface area contributed by atoms with Crippen molar-refractivity contribution in [1.82, 2.24) is 4.72 Å². The summed E-state index contributed by atoms with van der Waals surface area (Å²) < 4.78 is 33.2. The van der Waals surface area contributed by atoms with E-state index in [2.05, 4.69) is 4.72 Å². The van der Waals surface area contributed by atoms with E-state index >= 15 is 0 Å². The van der Waals surface area contributed by atoms with Crippen LogP contribution in [0.1, 0.15) is 25.8 Å². The number of hydrogen-bond donors (Lipinski definition) is 2. The van der Waals surface area contributed by atoms with Gasteiger partial charge in [-0.15, -0.1) is 0 Å². The number of halogens is 1. The van der Waals surface area contributed by atoms with Gasteiger partial charge in [0.15, 0.2) is 0 Å². The highest BCUT2D eigenvalue weighted by Gasteiger charge is 2.50. The van der Waals surface area contributed by atoms with Crippen LogP contribution in [0.15, 0.2) is 17.0 Å². The zero-order valence-corrected chi connectivity index (χ0v) is 14.2. The lowest BCUT2D eigenvalue weighted by molar-refractivity contribution is -0.0908. The Hall–Kier alpha value is -0.820. The van der Waals surface area contributed by atoms with Gasteiger partial charge in [0.2, 0.25) is 10.0 Å². The van der Waals surface area contributed by atoms with Gasteiger partial charge in [0.05, 0.1) is 11.0 Å². The Morgan fingerprint density at radius 2 is 2.05 bits per heavy atom. The highest BCUT2D eigenvalue weighted by Crippen LogP contribution is 2.43. The van der Waals surface area contributed by atoms with Gasteiger partial charge >= 0.3 is 0 Å². The molecule has 3 N–H and O–H groups in total. The molecular formula is C14H21ClN2O3S. The maximum atomic E-state index is 12.6. The minimum atomic E-state index is -3.67. The number of nitrogen functional groups attached to an aromatic ring is 1. The van der Waals surface area contributed by atoms with Crippen LogP contribution >= 0.6 is 11.6 Å². The van der Waals surface area contributed by atoms with Crippen LogP contribution in [0, 0.1) is 12.3 Å². The van der Waals surface area contributed by atoms with E-state index in [9.17, 15) is 8.42 Å². The molecule has 0 spiro atoms. The molecule has 0 amide bonds. The number of sulfonamides is 1. The number of ether oxygens (including phenoxy) is 1. The highest BCUT2D eigenvalue weighted by molar-refractivity contribution is 7.89. The van der Waals surface area contributed by atoms with Crippen molar-refractivity contribution in [1.29, 1.82) is 0 Å². The molecular weight excluding hydrogens is 312 g/mol. The molecule has 0 bridgehead atoms. The average molecular weight is 333 g/mol. The summed E-state index contributed by atoms with van der Waals surface area (Å²) in [4.78, 5) is 0.129. The van der Waals surface area contributed by atoms with Gasteiger partial charge in [-0.1, -0.05) is 25.4 Å². The third-order valence-corrected chi connectivity index (χ3v) is 6.23. The second-order valence-corrected chi connectivity index (χ2v) is 8.19. The molecule has 1 saturated carbocycles. The van der Waals surface area contributed by atoms with Crippen molar-refractivity contribution in [2.75, 3.05) is 12.8 Å². The average Bonchev–Trinajstić information content (AvgIpc) is 2.38. The minimum absolute atomic E-state index is 0.0516. The number of hydrogen-bond acceptors (Lipinski definition) is 4. The van der Waals surface area contributed by atoms with Gasteiger partial charge in [0.25, 0.3) is 0 Å². The molecule has 2 unspecified atom stereocenters. The summed E-state index contributed by atoms with van der Waals surface area (Å²) in [6.45, 7) is 5.64. The van der Waals surface area contributed by atoms with Crippen LogP contribution in [-0.4, -0.2) is 27.7 Å². The smallest absolute Gasteiger partial charge is 0.241 e. The van der Waals surface area contributed by atoms with Crippen LogP contribution in [0.5, 0.6) is 0 Å². The molecule has 7 heteroatoms. The monoisotopic (exact) mass is 332 g/mol.